The smallest absolute Gasteiger partial charge is 0.249 e. The van der Waals surface area contributed by atoms with Gasteiger partial charge in [-0.3, -0.25) is 9.78 Å². The van der Waals surface area contributed by atoms with Crippen molar-refractivity contribution >= 4 is 11.4 Å². The summed E-state index contributed by atoms with van der Waals surface area (Å²) in [5, 5.41) is 3.61. The fourth-order valence-electron chi connectivity index (χ4n) is 5.22. The Balaban J connectivity index is 1.22. The van der Waals surface area contributed by atoms with Gasteiger partial charge in [-0.15, -0.1) is 0 Å². The molecule has 0 spiro atoms. The second-order valence-electron chi connectivity index (χ2n) is 9.75. The van der Waals surface area contributed by atoms with Gasteiger partial charge in [0.25, 0.3) is 0 Å². The zero-order valence-electron chi connectivity index (χ0n) is 21.0. The number of aromatic nitrogens is 2. The highest BCUT2D eigenvalue weighted by Crippen LogP contribution is 2.43. The van der Waals surface area contributed by atoms with Gasteiger partial charge in [0.05, 0.1) is 6.61 Å². The number of rotatable bonds is 5. The van der Waals surface area contributed by atoms with Crippen LogP contribution in [0.15, 0.2) is 77.9 Å². The van der Waals surface area contributed by atoms with Gasteiger partial charge >= 0.3 is 0 Å². The van der Waals surface area contributed by atoms with Crippen LogP contribution in [0.25, 0.3) is 0 Å². The summed E-state index contributed by atoms with van der Waals surface area (Å²) in [6.45, 7) is 6.15. The molecule has 2 N–H and O–H groups in total. The average molecular weight is 495 g/mol. The maximum atomic E-state index is 11.8. The lowest BCUT2D eigenvalue weighted by atomic mass is 9.95. The molecule has 2 aliphatic heterocycles. The van der Waals surface area contributed by atoms with Crippen LogP contribution < -0.4 is 20.5 Å². The van der Waals surface area contributed by atoms with Crippen molar-refractivity contribution in [3.63, 3.8) is 0 Å². The molecule has 7 nitrogen and oxygen atoms in total. The van der Waals surface area contributed by atoms with Gasteiger partial charge in [-0.05, 0) is 61.4 Å². The van der Waals surface area contributed by atoms with Crippen molar-refractivity contribution in [1.82, 2.24) is 9.97 Å². The number of ether oxygens (including phenoxy) is 2. The largest absolute Gasteiger partial charge is 0.456 e. The van der Waals surface area contributed by atoms with Crippen molar-refractivity contribution in [1.29, 1.82) is 0 Å². The Kier molecular flexibility index (Phi) is 6.14. The third-order valence-electron chi connectivity index (χ3n) is 7.12. The van der Waals surface area contributed by atoms with Crippen LogP contribution in [0.1, 0.15) is 47.0 Å². The Bertz CT molecular complexity index is 1500. The van der Waals surface area contributed by atoms with Crippen molar-refractivity contribution in [2.45, 2.75) is 32.4 Å². The summed E-state index contributed by atoms with van der Waals surface area (Å²) in [5.74, 6) is 1.76. The minimum absolute atomic E-state index is 0.100. The highest BCUT2D eigenvalue weighted by Gasteiger charge is 2.29. The molecule has 0 amide bonds. The molecule has 2 aliphatic rings. The standard InChI is InChI=1S/C30H30N4O3/c1-19-14-21(8-10-31-19)20(2)33-24-6-7-27-23(16-24)15-22-4-3-5-26(30(22)37-27)28-18-34(12-13-36-28)25-9-11-32-29(35)17-25/h3-11,14,16-17,20,28,33H,12-13,15,18H2,1-2H3,(H,32,35). The lowest BCUT2D eigenvalue weighted by Gasteiger charge is -2.36. The molecule has 0 aliphatic carbocycles. The van der Waals surface area contributed by atoms with Crippen LogP contribution in [0.2, 0.25) is 0 Å². The number of hydrogen-bond donors (Lipinski definition) is 2. The van der Waals surface area contributed by atoms with E-state index in [2.05, 4.69) is 63.5 Å². The topological polar surface area (TPSA) is 79.5 Å². The lowest BCUT2D eigenvalue weighted by Crippen LogP contribution is -2.39. The number of morpholine rings is 1. The highest BCUT2D eigenvalue weighted by molar-refractivity contribution is 5.59. The van der Waals surface area contributed by atoms with Gasteiger partial charge in [-0.2, -0.15) is 0 Å². The quantitative estimate of drug-likeness (QED) is 0.335. The van der Waals surface area contributed by atoms with E-state index in [1.807, 2.05) is 31.3 Å². The zero-order valence-corrected chi connectivity index (χ0v) is 21.0. The van der Waals surface area contributed by atoms with Crippen LogP contribution in [-0.2, 0) is 11.2 Å². The van der Waals surface area contributed by atoms with Crippen LogP contribution >= 0.6 is 0 Å². The second kappa shape index (κ2) is 9.75. The molecule has 2 aromatic carbocycles. The van der Waals surface area contributed by atoms with Gasteiger partial charge < -0.3 is 24.7 Å². The number of aryl methyl sites for hydroxylation is 1. The summed E-state index contributed by atoms with van der Waals surface area (Å²) in [5.41, 5.74) is 7.44. The summed E-state index contributed by atoms with van der Waals surface area (Å²) in [6.07, 6.45) is 4.19. The van der Waals surface area contributed by atoms with Gasteiger partial charge in [0.1, 0.15) is 17.6 Å². The van der Waals surface area contributed by atoms with Crippen LogP contribution in [0.3, 0.4) is 0 Å². The normalized spacial score (nSPS) is 17.4. The minimum atomic E-state index is -0.143. The number of hydrogen-bond acceptors (Lipinski definition) is 6. The van der Waals surface area contributed by atoms with Crippen LogP contribution in [0, 0.1) is 6.92 Å². The van der Waals surface area contributed by atoms with E-state index in [0.29, 0.717) is 13.2 Å². The van der Waals surface area contributed by atoms with E-state index in [9.17, 15) is 4.79 Å². The molecule has 0 bridgehead atoms. The molecule has 6 rings (SSSR count). The average Bonchev–Trinajstić information content (AvgIpc) is 2.91. The number of nitrogens with zero attached hydrogens (tertiary/aromatic N) is 2. The molecule has 2 atom stereocenters. The monoisotopic (exact) mass is 494 g/mol. The molecule has 7 heteroatoms. The van der Waals surface area contributed by atoms with Crippen molar-refractivity contribution in [2.75, 3.05) is 29.9 Å². The predicted octanol–water partition coefficient (Wildman–Crippen LogP) is 5.53. The molecule has 4 aromatic rings. The molecule has 2 unspecified atom stereocenters. The summed E-state index contributed by atoms with van der Waals surface area (Å²) in [7, 11) is 0. The molecular formula is C30H30N4O3. The third kappa shape index (κ3) is 4.82. The second-order valence-corrected chi connectivity index (χ2v) is 9.75. The number of pyridine rings is 2. The molecule has 0 saturated carbocycles. The number of para-hydroxylation sites is 1. The molecule has 188 valence electrons. The predicted molar refractivity (Wildman–Crippen MR) is 145 cm³/mol. The van der Waals surface area contributed by atoms with E-state index in [1.165, 1.54) is 5.56 Å². The molecular weight excluding hydrogens is 464 g/mol. The number of aromatic amines is 1. The lowest BCUT2D eigenvalue weighted by molar-refractivity contribution is 0.0384. The van der Waals surface area contributed by atoms with Crippen molar-refractivity contribution in [3.05, 3.63) is 111 Å². The zero-order chi connectivity index (χ0) is 25.4. The Morgan fingerprint density at radius 2 is 2.03 bits per heavy atom. The van der Waals surface area contributed by atoms with E-state index in [4.69, 9.17) is 9.47 Å². The highest BCUT2D eigenvalue weighted by atomic mass is 16.5. The maximum Gasteiger partial charge on any atom is 0.249 e. The fraction of sp³-hybridized carbons (Fsp3) is 0.267. The molecule has 1 fully saturated rings. The Morgan fingerprint density at radius 3 is 2.89 bits per heavy atom. The summed E-state index contributed by atoms with van der Waals surface area (Å²) < 4.78 is 12.7. The minimum Gasteiger partial charge on any atom is -0.456 e. The van der Waals surface area contributed by atoms with Crippen molar-refractivity contribution in [3.8, 4) is 11.5 Å². The molecule has 2 aromatic heterocycles. The van der Waals surface area contributed by atoms with Crippen LogP contribution in [-0.4, -0.2) is 29.7 Å². The maximum absolute atomic E-state index is 11.8. The van der Waals surface area contributed by atoms with Gasteiger partial charge in [0.15, 0.2) is 0 Å². The Morgan fingerprint density at radius 1 is 1.11 bits per heavy atom. The third-order valence-corrected chi connectivity index (χ3v) is 7.12. The number of anilines is 2. The molecule has 37 heavy (non-hydrogen) atoms. The number of H-pyrrole nitrogens is 1. The Hall–Kier alpha value is -4.10. The summed E-state index contributed by atoms with van der Waals surface area (Å²) in [6, 6.07) is 20.5. The van der Waals surface area contributed by atoms with E-state index < -0.39 is 0 Å². The first-order valence-electron chi connectivity index (χ1n) is 12.7. The summed E-state index contributed by atoms with van der Waals surface area (Å²) in [4.78, 5) is 21.0. The van der Waals surface area contributed by atoms with Gasteiger partial charge in [0, 0.05) is 72.2 Å². The number of benzene rings is 2. The summed E-state index contributed by atoms with van der Waals surface area (Å²) >= 11 is 0. The van der Waals surface area contributed by atoms with E-state index in [1.54, 1.807) is 12.3 Å². The van der Waals surface area contributed by atoms with Gasteiger partial charge in [-0.1, -0.05) is 18.2 Å². The first kappa shape index (κ1) is 23.3. The van der Waals surface area contributed by atoms with Gasteiger partial charge in [-0.25, -0.2) is 0 Å². The van der Waals surface area contributed by atoms with E-state index in [-0.39, 0.29) is 17.7 Å². The molecule has 4 heterocycles. The van der Waals surface area contributed by atoms with Crippen molar-refractivity contribution in [2.24, 2.45) is 0 Å². The van der Waals surface area contributed by atoms with Crippen LogP contribution in [0.4, 0.5) is 11.4 Å². The molecule has 0 radical (unpaired) electrons. The first-order valence-corrected chi connectivity index (χ1v) is 12.7. The number of nitrogens with one attached hydrogen (secondary N) is 2. The Labute approximate surface area is 216 Å². The first-order chi connectivity index (χ1) is 18.0. The fourth-order valence-corrected chi connectivity index (χ4v) is 5.22. The number of fused-ring (bicyclic) bond motifs is 2. The van der Waals surface area contributed by atoms with E-state index in [0.717, 1.165) is 58.2 Å². The van der Waals surface area contributed by atoms with Crippen LogP contribution in [0.5, 0.6) is 11.5 Å². The van der Waals surface area contributed by atoms with E-state index >= 15 is 0 Å². The van der Waals surface area contributed by atoms with Crippen molar-refractivity contribution < 1.29 is 9.47 Å². The van der Waals surface area contributed by atoms with Gasteiger partial charge in [0.2, 0.25) is 5.56 Å². The molecule has 1 saturated heterocycles. The SMILES string of the molecule is Cc1cc(C(C)Nc2ccc3c(c2)Cc2cccc(C4CN(c5cc[nH]c(=O)c5)CCO4)c2O3)ccn1.